The highest BCUT2D eigenvalue weighted by Crippen LogP contribution is 2.46. The van der Waals surface area contributed by atoms with Gasteiger partial charge in [0.1, 0.15) is 0 Å². The number of alkyl halides is 3. The fraction of sp³-hybridized carbons (Fsp3) is 0.826. The van der Waals surface area contributed by atoms with Crippen LogP contribution in [-0.4, -0.2) is 6.18 Å². The summed E-state index contributed by atoms with van der Waals surface area (Å²) in [5.74, 6) is 2.00. The Morgan fingerprint density at radius 1 is 0.923 bits per heavy atom. The van der Waals surface area contributed by atoms with E-state index in [1.165, 1.54) is 50.5 Å². The van der Waals surface area contributed by atoms with Crippen molar-refractivity contribution in [2.75, 3.05) is 0 Å². The van der Waals surface area contributed by atoms with Crippen LogP contribution in [0.3, 0.4) is 0 Å². The first-order valence-corrected chi connectivity index (χ1v) is 10.8. The summed E-state index contributed by atoms with van der Waals surface area (Å²) in [5.41, 5.74) is 1.49. The first-order valence-electron chi connectivity index (χ1n) is 10.8. The maximum Gasteiger partial charge on any atom is 0.391 e. The summed E-state index contributed by atoms with van der Waals surface area (Å²) >= 11 is 0. The Labute approximate surface area is 157 Å². The molecule has 2 fully saturated rings. The van der Waals surface area contributed by atoms with E-state index < -0.39 is 12.1 Å². The Hall–Kier alpha value is -0.730. The monoisotopic (exact) mass is 368 g/mol. The van der Waals surface area contributed by atoms with Gasteiger partial charge in [0, 0.05) is 0 Å². The van der Waals surface area contributed by atoms with Crippen LogP contribution in [0, 0.1) is 29.6 Å². The molecule has 0 aromatic carbocycles. The molecule has 0 saturated heterocycles. The molecule has 0 N–H and O–H groups in total. The molecule has 0 aliphatic heterocycles. The van der Waals surface area contributed by atoms with Gasteiger partial charge in [0.2, 0.25) is 0 Å². The van der Waals surface area contributed by atoms with Gasteiger partial charge in [0.15, 0.2) is 0 Å². The highest BCUT2D eigenvalue weighted by Gasteiger charge is 2.42. The van der Waals surface area contributed by atoms with Gasteiger partial charge in [-0.1, -0.05) is 30.6 Å². The smallest absolute Gasteiger partial charge is 0.171 e. The van der Waals surface area contributed by atoms with E-state index in [0.29, 0.717) is 18.8 Å². The zero-order valence-corrected chi connectivity index (χ0v) is 16.1. The fourth-order valence-electron chi connectivity index (χ4n) is 5.77. The lowest BCUT2D eigenvalue weighted by molar-refractivity contribution is -0.183. The van der Waals surface area contributed by atoms with Gasteiger partial charge in [-0.05, 0) is 94.3 Å². The number of halogens is 3. The topological polar surface area (TPSA) is 0 Å². The summed E-state index contributed by atoms with van der Waals surface area (Å²) in [6.45, 7) is 3.83. The third-order valence-electron chi connectivity index (χ3n) is 7.54. The van der Waals surface area contributed by atoms with Gasteiger partial charge in [0.05, 0.1) is 5.92 Å². The minimum Gasteiger partial charge on any atom is -0.171 e. The lowest BCUT2D eigenvalue weighted by atomic mass is 9.68. The fourth-order valence-corrected chi connectivity index (χ4v) is 5.77. The van der Waals surface area contributed by atoms with Crippen LogP contribution in [0.1, 0.15) is 83.5 Å². The Balaban J connectivity index is 1.42. The highest BCUT2D eigenvalue weighted by atomic mass is 19.4. The van der Waals surface area contributed by atoms with Crippen LogP contribution in [0.4, 0.5) is 13.2 Å². The van der Waals surface area contributed by atoms with E-state index in [-0.39, 0.29) is 0 Å². The summed E-state index contributed by atoms with van der Waals surface area (Å²) in [6.07, 6.45) is 14.2. The van der Waals surface area contributed by atoms with E-state index in [4.69, 9.17) is 0 Å². The number of hydrogen-bond acceptors (Lipinski definition) is 0. The number of allylic oxidation sites excluding steroid dienone is 3. The van der Waals surface area contributed by atoms with Gasteiger partial charge in [-0.25, -0.2) is 0 Å². The van der Waals surface area contributed by atoms with E-state index in [2.05, 4.69) is 12.7 Å². The van der Waals surface area contributed by atoms with Crippen LogP contribution < -0.4 is 0 Å². The molecule has 0 spiro atoms. The van der Waals surface area contributed by atoms with Crippen LogP contribution in [0.15, 0.2) is 24.3 Å². The zero-order valence-electron chi connectivity index (χ0n) is 16.1. The molecule has 0 bridgehead atoms. The molecule has 0 heterocycles. The van der Waals surface area contributed by atoms with Gasteiger partial charge < -0.3 is 0 Å². The van der Waals surface area contributed by atoms with E-state index in [1.54, 1.807) is 0 Å². The normalized spacial score (nSPS) is 36.4. The summed E-state index contributed by atoms with van der Waals surface area (Å²) in [4.78, 5) is 0. The van der Waals surface area contributed by atoms with Crippen molar-refractivity contribution in [3.63, 3.8) is 0 Å². The third kappa shape index (κ3) is 5.16. The number of rotatable bonds is 5. The van der Waals surface area contributed by atoms with Gasteiger partial charge in [0.25, 0.3) is 0 Å². The summed E-state index contributed by atoms with van der Waals surface area (Å²) in [7, 11) is 0. The molecule has 148 valence electrons. The molecule has 2 saturated carbocycles. The maximum atomic E-state index is 12.8. The average molecular weight is 369 g/mol. The van der Waals surface area contributed by atoms with Crippen molar-refractivity contribution in [1.29, 1.82) is 0 Å². The quantitative estimate of drug-likeness (QED) is 0.433. The molecular formula is C23H35F3. The molecule has 0 aromatic rings. The summed E-state index contributed by atoms with van der Waals surface area (Å²) in [6, 6.07) is 0. The molecule has 3 aliphatic carbocycles. The Morgan fingerprint density at radius 2 is 1.62 bits per heavy atom. The molecule has 0 radical (unpaired) electrons. The van der Waals surface area contributed by atoms with E-state index >= 15 is 0 Å². The Morgan fingerprint density at radius 3 is 2.15 bits per heavy atom. The van der Waals surface area contributed by atoms with Crippen molar-refractivity contribution >= 4 is 0 Å². The second kappa shape index (κ2) is 8.97. The minimum absolute atomic E-state index is 0.337. The van der Waals surface area contributed by atoms with Gasteiger partial charge in [-0.3, -0.25) is 0 Å². The lowest BCUT2D eigenvalue weighted by Crippen LogP contribution is -2.29. The summed E-state index contributed by atoms with van der Waals surface area (Å²) in [5, 5.41) is 0. The molecule has 3 aliphatic rings. The molecule has 3 heteroatoms. The van der Waals surface area contributed by atoms with E-state index in [1.807, 2.05) is 6.08 Å². The van der Waals surface area contributed by atoms with Crippen LogP contribution in [0.2, 0.25) is 0 Å². The van der Waals surface area contributed by atoms with E-state index in [9.17, 15) is 13.2 Å². The van der Waals surface area contributed by atoms with Gasteiger partial charge in [-0.2, -0.15) is 13.2 Å². The van der Waals surface area contributed by atoms with Crippen molar-refractivity contribution in [3.8, 4) is 0 Å². The van der Waals surface area contributed by atoms with Crippen molar-refractivity contribution in [3.05, 3.63) is 24.3 Å². The molecule has 0 aromatic heterocycles. The first kappa shape index (κ1) is 20.0. The molecular weight excluding hydrogens is 333 g/mol. The second-order valence-electron chi connectivity index (χ2n) is 9.05. The SMILES string of the molecule is C=CCCC1CCC(C2CC=C(C3CCC(C(F)(F)F)CC3)CC2)CC1. The molecule has 1 atom stereocenters. The van der Waals surface area contributed by atoms with Crippen molar-refractivity contribution in [2.45, 2.75) is 89.6 Å². The van der Waals surface area contributed by atoms with Crippen molar-refractivity contribution in [2.24, 2.45) is 29.6 Å². The molecule has 3 rings (SSSR count). The molecule has 0 nitrogen and oxygen atoms in total. The predicted molar refractivity (Wildman–Crippen MR) is 102 cm³/mol. The zero-order chi connectivity index (χ0) is 18.6. The number of hydrogen-bond donors (Lipinski definition) is 0. The molecule has 0 amide bonds. The standard InChI is InChI=1S/C23H35F3/c1-2-3-4-17-5-7-18(8-6-17)19-9-11-20(12-10-19)21-13-15-22(16-14-21)23(24,25)26/h2,11,17-19,21-22H,1,3-10,12-16H2. The van der Waals surface area contributed by atoms with Crippen LogP contribution in [0.25, 0.3) is 0 Å². The Bertz CT molecular complexity index is 474. The van der Waals surface area contributed by atoms with Crippen molar-refractivity contribution in [1.82, 2.24) is 0 Å². The largest absolute Gasteiger partial charge is 0.391 e. The molecule has 1 unspecified atom stereocenters. The van der Waals surface area contributed by atoms with Gasteiger partial charge >= 0.3 is 6.18 Å². The lowest BCUT2D eigenvalue weighted by Gasteiger charge is -2.37. The second-order valence-corrected chi connectivity index (χ2v) is 9.05. The maximum absolute atomic E-state index is 12.8. The predicted octanol–water partition coefficient (Wildman–Crippen LogP) is 7.85. The molecule has 26 heavy (non-hydrogen) atoms. The van der Waals surface area contributed by atoms with E-state index in [0.717, 1.165) is 43.4 Å². The van der Waals surface area contributed by atoms with Gasteiger partial charge in [-0.15, -0.1) is 6.58 Å². The first-order chi connectivity index (χ1) is 12.5. The Kier molecular flexibility index (Phi) is 6.91. The minimum atomic E-state index is -3.98. The van der Waals surface area contributed by atoms with Crippen molar-refractivity contribution < 1.29 is 13.2 Å². The third-order valence-corrected chi connectivity index (χ3v) is 7.54. The average Bonchev–Trinajstić information content (AvgIpc) is 2.66. The van der Waals surface area contributed by atoms with Crippen LogP contribution in [-0.2, 0) is 0 Å². The van der Waals surface area contributed by atoms with Crippen LogP contribution in [0.5, 0.6) is 0 Å². The highest BCUT2D eigenvalue weighted by molar-refractivity contribution is 5.12. The summed E-state index contributed by atoms with van der Waals surface area (Å²) < 4.78 is 38.5. The van der Waals surface area contributed by atoms with Crippen LogP contribution >= 0.6 is 0 Å².